The van der Waals surface area contributed by atoms with E-state index in [0.29, 0.717) is 23.0 Å². The first kappa shape index (κ1) is 25.2. The van der Waals surface area contributed by atoms with Gasteiger partial charge in [-0.1, -0.05) is 56.5 Å². The zero-order valence-electron chi connectivity index (χ0n) is 18.7. The number of hydrogen-bond acceptors (Lipinski definition) is 7. The average Bonchev–Trinajstić information content (AvgIpc) is 3.41. The Morgan fingerprint density at radius 3 is 2.70 bits per heavy atom. The number of alkyl halides is 2. The Balaban J connectivity index is 1.47. The largest absolute Gasteiger partial charge is 0.465 e. The van der Waals surface area contributed by atoms with E-state index >= 15 is 0 Å². The van der Waals surface area contributed by atoms with Crippen molar-refractivity contribution in [3.63, 3.8) is 0 Å². The van der Waals surface area contributed by atoms with Crippen LogP contribution in [-0.2, 0) is 18.3 Å². The highest BCUT2D eigenvalue weighted by Gasteiger charge is 2.35. The second-order valence-corrected chi connectivity index (χ2v) is 11.0. The van der Waals surface area contributed by atoms with Crippen LogP contribution in [-0.4, -0.2) is 60.8 Å². The smallest absolute Gasteiger partial charge is 0.349 e. The lowest BCUT2D eigenvalue weighted by atomic mass is 10.0. The number of anilines is 1. The fourth-order valence-electron chi connectivity index (χ4n) is 4.05. The van der Waals surface area contributed by atoms with Gasteiger partial charge in [-0.05, 0) is 43.2 Å². The quantitative estimate of drug-likeness (QED) is 0.231. The van der Waals surface area contributed by atoms with Gasteiger partial charge in [-0.15, -0.1) is 0 Å². The van der Waals surface area contributed by atoms with Crippen LogP contribution in [0.1, 0.15) is 56.2 Å². The Kier molecular flexibility index (Phi) is 8.55. The fraction of sp³-hybridized carbons (Fsp3) is 0.591. The summed E-state index contributed by atoms with van der Waals surface area (Å²) in [5.41, 5.74) is 4.03. The van der Waals surface area contributed by atoms with Crippen LogP contribution in [0.25, 0.3) is 0 Å². The molecule has 2 aliphatic rings. The van der Waals surface area contributed by atoms with Crippen LogP contribution >= 0.6 is 56.5 Å². The molecule has 1 amide bonds. The van der Waals surface area contributed by atoms with E-state index in [4.69, 9.17) is 9.47 Å². The van der Waals surface area contributed by atoms with Gasteiger partial charge < -0.3 is 24.7 Å². The maximum absolute atomic E-state index is 13.3. The highest BCUT2D eigenvalue weighted by Crippen LogP contribution is 2.32. The predicted molar refractivity (Wildman–Crippen MR) is 145 cm³/mol. The Hall–Kier alpha value is -0.930. The normalized spacial score (nSPS) is 20.7. The number of amides is 1. The lowest BCUT2D eigenvalue weighted by molar-refractivity contribution is 0.0146. The number of carbonyl (C=O) groups excluding carboxylic acids is 2. The van der Waals surface area contributed by atoms with E-state index in [-0.39, 0.29) is 24.0 Å². The molecule has 33 heavy (non-hydrogen) atoms. The maximum atomic E-state index is 13.3. The molecule has 1 aliphatic heterocycles. The fourth-order valence-corrected chi connectivity index (χ4v) is 6.80. The van der Waals surface area contributed by atoms with Gasteiger partial charge in [-0.25, -0.2) is 9.78 Å². The molecule has 2 unspecified atom stereocenters. The van der Waals surface area contributed by atoms with Crippen LogP contribution in [0.4, 0.5) is 5.13 Å². The standard InChI is InChI=1S/C22H28I2N4O4S/c1-12-14(7-23)15(8-24)19(26-12)20(29)27-16-5-6-28(10-17(16)32-11-13-3-4-13)22-25-9-18(33-22)21(30)31-2/h9,13,16-17,26H,3-8,10-11H2,1-2H3,(H,27,29). The summed E-state index contributed by atoms with van der Waals surface area (Å²) in [6.45, 7) is 4.09. The number of piperidine rings is 1. The molecule has 2 aromatic rings. The van der Waals surface area contributed by atoms with Crippen molar-refractivity contribution >= 4 is 73.5 Å². The van der Waals surface area contributed by atoms with Crippen LogP contribution in [0.5, 0.6) is 0 Å². The molecule has 0 aromatic carbocycles. The number of hydrogen-bond donors (Lipinski definition) is 2. The van der Waals surface area contributed by atoms with E-state index in [1.807, 2.05) is 6.92 Å². The second-order valence-electron chi connectivity index (χ2n) is 8.48. The number of halogens is 2. The molecule has 1 aliphatic carbocycles. The number of rotatable bonds is 9. The number of aromatic amines is 1. The number of nitrogens with one attached hydrogen (secondary N) is 2. The number of H-pyrrole nitrogens is 1. The molecule has 1 saturated heterocycles. The monoisotopic (exact) mass is 698 g/mol. The van der Waals surface area contributed by atoms with Crippen molar-refractivity contribution in [2.45, 2.75) is 47.2 Å². The Morgan fingerprint density at radius 1 is 1.27 bits per heavy atom. The van der Waals surface area contributed by atoms with Crippen molar-refractivity contribution in [2.24, 2.45) is 5.92 Å². The zero-order chi connectivity index (χ0) is 23.5. The predicted octanol–water partition coefficient (Wildman–Crippen LogP) is 4.24. The van der Waals surface area contributed by atoms with Crippen LogP contribution < -0.4 is 10.2 Å². The van der Waals surface area contributed by atoms with Gasteiger partial charge >= 0.3 is 5.97 Å². The van der Waals surface area contributed by atoms with E-state index in [9.17, 15) is 9.59 Å². The summed E-state index contributed by atoms with van der Waals surface area (Å²) in [5.74, 6) is 0.188. The number of aryl methyl sites for hydroxylation is 1. The van der Waals surface area contributed by atoms with E-state index in [0.717, 1.165) is 44.8 Å². The highest BCUT2D eigenvalue weighted by molar-refractivity contribution is 14.1. The lowest BCUT2D eigenvalue weighted by Gasteiger charge is -2.38. The summed E-state index contributed by atoms with van der Waals surface area (Å²) in [6, 6.07) is -0.0822. The van der Waals surface area contributed by atoms with Crippen molar-refractivity contribution in [3.8, 4) is 0 Å². The third-order valence-corrected chi connectivity index (χ3v) is 8.76. The molecular formula is C22H28I2N4O4S. The summed E-state index contributed by atoms with van der Waals surface area (Å²) in [7, 11) is 1.37. The molecule has 4 rings (SSSR count). The zero-order valence-corrected chi connectivity index (χ0v) is 23.8. The molecule has 0 spiro atoms. The van der Waals surface area contributed by atoms with Crippen molar-refractivity contribution in [3.05, 3.63) is 33.6 Å². The van der Waals surface area contributed by atoms with E-state index in [1.165, 1.54) is 36.9 Å². The molecule has 11 heteroatoms. The van der Waals surface area contributed by atoms with E-state index in [2.05, 4.69) is 65.4 Å². The Bertz CT molecular complexity index is 1010. The molecule has 1 saturated carbocycles. The molecule has 0 bridgehead atoms. The number of aromatic nitrogens is 2. The summed E-state index contributed by atoms with van der Waals surface area (Å²) >= 11 is 5.99. The number of methoxy groups -OCH3 is 1. The second kappa shape index (κ2) is 11.2. The van der Waals surface area contributed by atoms with Gasteiger partial charge in [0.05, 0.1) is 25.5 Å². The molecule has 2 atom stereocenters. The highest BCUT2D eigenvalue weighted by atomic mass is 127. The van der Waals surface area contributed by atoms with Gasteiger partial charge in [0.1, 0.15) is 10.6 Å². The molecule has 2 aromatic heterocycles. The number of nitrogens with zero attached hydrogens (tertiary/aromatic N) is 2. The number of ether oxygens (including phenoxy) is 2. The number of carbonyl (C=O) groups is 2. The van der Waals surface area contributed by atoms with Gasteiger partial charge in [-0.2, -0.15) is 0 Å². The molecule has 180 valence electrons. The summed E-state index contributed by atoms with van der Waals surface area (Å²) in [6.07, 6.45) is 4.58. The molecular weight excluding hydrogens is 670 g/mol. The number of esters is 1. The first-order valence-corrected chi connectivity index (χ1v) is 14.9. The summed E-state index contributed by atoms with van der Waals surface area (Å²) < 4.78 is 12.8. The van der Waals surface area contributed by atoms with Crippen LogP contribution in [0, 0.1) is 12.8 Å². The summed E-state index contributed by atoms with van der Waals surface area (Å²) in [4.78, 5) is 35.4. The van der Waals surface area contributed by atoms with Crippen molar-refractivity contribution < 1.29 is 19.1 Å². The van der Waals surface area contributed by atoms with Gasteiger partial charge in [0.15, 0.2) is 5.13 Å². The van der Waals surface area contributed by atoms with E-state index in [1.54, 1.807) is 6.20 Å². The van der Waals surface area contributed by atoms with Crippen molar-refractivity contribution in [2.75, 3.05) is 31.7 Å². The molecule has 3 heterocycles. The van der Waals surface area contributed by atoms with Crippen LogP contribution in [0.3, 0.4) is 0 Å². The molecule has 0 radical (unpaired) electrons. The van der Waals surface area contributed by atoms with Gasteiger partial charge in [0.2, 0.25) is 0 Å². The molecule has 8 nitrogen and oxygen atoms in total. The lowest BCUT2D eigenvalue weighted by Crippen LogP contribution is -2.55. The minimum absolute atomic E-state index is 0.0680. The van der Waals surface area contributed by atoms with Crippen LogP contribution in [0.2, 0.25) is 0 Å². The first-order valence-electron chi connectivity index (χ1n) is 11.0. The Morgan fingerprint density at radius 2 is 2.03 bits per heavy atom. The van der Waals surface area contributed by atoms with Crippen molar-refractivity contribution in [1.82, 2.24) is 15.3 Å². The Labute approximate surface area is 224 Å². The van der Waals surface area contributed by atoms with Gasteiger partial charge in [-0.3, -0.25) is 4.79 Å². The van der Waals surface area contributed by atoms with E-state index < -0.39 is 0 Å². The van der Waals surface area contributed by atoms with Gasteiger partial charge in [0, 0.05) is 34.2 Å². The van der Waals surface area contributed by atoms with Crippen LogP contribution in [0.15, 0.2) is 6.20 Å². The number of thiazole rings is 1. The molecule has 2 fully saturated rings. The summed E-state index contributed by atoms with van der Waals surface area (Å²) in [5, 5.41) is 4.03. The topological polar surface area (TPSA) is 96.5 Å². The SMILES string of the molecule is COC(=O)c1cnc(N2CCC(NC(=O)c3[nH]c(C)c(CI)c3CI)C(OCC3CC3)C2)s1. The van der Waals surface area contributed by atoms with Crippen molar-refractivity contribution in [1.29, 1.82) is 0 Å². The third kappa shape index (κ3) is 5.84. The molecule has 2 N–H and O–H groups in total. The maximum Gasteiger partial charge on any atom is 0.349 e. The third-order valence-electron chi connectivity index (χ3n) is 6.19. The minimum Gasteiger partial charge on any atom is -0.465 e. The first-order chi connectivity index (χ1) is 15.9. The minimum atomic E-state index is -0.374. The van der Waals surface area contributed by atoms with Gasteiger partial charge in [0.25, 0.3) is 5.91 Å². The average molecular weight is 698 g/mol.